The van der Waals surface area contributed by atoms with E-state index >= 15 is 0 Å². The molecule has 1 aliphatic heterocycles. The minimum atomic E-state index is -0.557. The number of hydrogen-bond donors (Lipinski definition) is 1. The summed E-state index contributed by atoms with van der Waals surface area (Å²) in [4.78, 5) is 11.5. The second-order valence-electron chi connectivity index (χ2n) is 4.48. The summed E-state index contributed by atoms with van der Waals surface area (Å²) in [7, 11) is 0. The van der Waals surface area contributed by atoms with Crippen LogP contribution in [0.2, 0.25) is 0 Å². The van der Waals surface area contributed by atoms with Gasteiger partial charge in [0.15, 0.2) is 0 Å². The van der Waals surface area contributed by atoms with Crippen molar-refractivity contribution in [2.75, 3.05) is 0 Å². The van der Waals surface area contributed by atoms with Crippen LogP contribution in [0.3, 0.4) is 0 Å². The molecule has 0 aromatic carbocycles. The third-order valence-electron chi connectivity index (χ3n) is 3.07. The lowest BCUT2D eigenvalue weighted by Gasteiger charge is -2.20. The highest BCUT2D eigenvalue weighted by atomic mass is 32.2. The second-order valence-corrected chi connectivity index (χ2v) is 5.91. The van der Waals surface area contributed by atoms with Crippen LogP contribution in [0.5, 0.6) is 0 Å². The lowest BCUT2D eigenvalue weighted by Crippen LogP contribution is -2.18. The molecular weight excluding hydrogens is 220 g/mol. The van der Waals surface area contributed by atoms with Gasteiger partial charge in [-0.05, 0) is 33.1 Å². The molecule has 1 N–H and O–H groups in total. The van der Waals surface area contributed by atoms with Crippen molar-refractivity contribution in [3.05, 3.63) is 35.1 Å². The number of carbonyl (C=O) groups is 1. The van der Waals surface area contributed by atoms with Gasteiger partial charge in [-0.25, -0.2) is 0 Å². The van der Waals surface area contributed by atoms with E-state index in [1.807, 2.05) is 13.0 Å². The van der Waals surface area contributed by atoms with Gasteiger partial charge in [0, 0.05) is 5.57 Å². The first-order valence-electron chi connectivity index (χ1n) is 5.55. The van der Waals surface area contributed by atoms with Crippen LogP contribution in [-0.4, -0.2) is 15.0 Å². The van der Waals surface area contributed by atoms with E-state index in [2.05, 4.69) is 12.2 Å². The van der Waals surface area contributed by atoms with Crippen LogP contribution in [0.1, 0.15) is 33.1 Å². The van der Waals surface area contributed by atoms with Crippen molar-refractivity contribution in [1.29, 1.82) is 0 Å². The Morgan fingerprint density at radius 3 is 2.81 bits per heavy atom. The van der Waals surface area contributed by atoms with Gasteiger partial charge in [-0.2, -0.15) is 0 Å². The molecule has 0 unspecified atom stereocenters. The molecule has 1 heterocycles. The fraction of sp³-hybridized carbons (Fsp3) is 0.462. The molecule has 0 spiro atoms. The first-order chi connectivity index (χ1) is 7.53. The van der Waals surface area contributed by atoms with Gasteiger partial charge in [0.25, 0.3) is 0 Å². The SMILES string of the molecule is CC1=C(O)[C@](C)(/C=C2/C=CCCC2)SC1=O. The molecule has 0 saturated heterocycles. The van der Waals surface area contributed by atoms with E-state index in [0.717, 1.165) is 19.3 Å². The number of allylic oxidation sites excluding steroid dienone is 3. The molecule has 2 aliphatic rings. The topological polar surface area (TPSA) is 37.3 Å². The number of aliphatic hydroxyl groups excluding tert-OH is 1. The molecule has 86 valence electrons. The maximum Gasteiger partial charge on any atom is 0.219 e. The molecule has 3 heteroatoms. The Balaban J connectivity index is 2.31. The van der Waals surface area contributed by atoms with E-state index in [1.165, 1.54) is 17.3 Å². The molecule has 2 nitrogen and oxygen atoms in total. The first-order valence-corrected chi connectivity index (χ1v) is 6.36. The van der Waals surface area contributed by atoms with Gasteiger partial charge in [-0.1, -0.05) is 35.6 Å². The van der Waals surface area contributed by atoms with E-state index in [0.29, 0.717) is 5.57 Å². The summed E-state index contributed by atoms with van der Waals surface area (Å²) < 4.78 is -0.557. The molecule has 0 amide bonds. The summed E-state index contributed by atoms with van der Waals surface area (Å²) in [5.41, 5.74) is 1.71. The standard InChI is InChI=1S/C13H16O2S/c1-9-11(14)13(2,16-12(9)15)8-10-6-4-3-5-7-10/h4,6,8,14H,3,5,7H2,1-2H3/b10-8-/t13-/m0/s1. The summed E-state index contributed by atoms with van der Waals surface area (Å²) in [5.74, 6) is 0.217. The maximum absolute atomic E-state index is 11.5. The van der Waals surface area contributed by atoms with E-state index in [9.17, 15) is 9.90 Å². The van der Waals surface area contributed by atoms with Gasteiger partial charge in [0.1, 0.15) is 5.76 Å². The molecular formula is C13H16O2S. The Kier molecular flexibility index (Phi) is 2.98. The molecule has 0 fully saturated rings. The zero-order chi connectivity index (χ0) is 11.8. The average molecular weight is 236 g/mol. The summed E-state index contributed by atoms with van der Waals surface area (Å²) in [5, 5.41) is 9.97. The summed E-state index contributed by atoms with van der Waals surface area (Å²) in [6.45, 7) is 3.59. The first kappa shape index (κ1) is 11.5. The number of carbonyl (C=O) groups excluding carboxylic acids is 1. The highest BCUT2D eigenvalue weighted by Crippen LogP contribution is 2.44. The van der Waals surface area contributed by atoms with E-state index in [4.69, 9.17) is 0 Å². The van der Waals surface area contributed by atoms with Crippen LogP contribution >= 0.6 is 11.8 Å². The monoisotopic (exact) mass is 236 g/mol. The minimum absolute atomic E-state index is 0.0170. The molecule has 0 bridgehead atoms. The number of hydrogen-bond acceptors (Lipinski definition) is 3. The normalized spacial score (nSPS) is 32.9. The van der Waals surface area contributed by atoms with Crippen molar-refractivity contribution >= 4 is 16.9 Å². The quantitative estimate of drug-likeness (QED) is 0.757. The minimum Gasteiger partial charge on any atom is -0.510 e. The van der Waals surface area contributed by atoms with E-state index < -0.39 is 4.75 Å². The van der Waals surface area contributed by atoms with Crippen LogP contribution in [0.4, 0.5) is 0 Å². The zero-order valence-corrected chi connectivity index (χ0v) is 10.4. The van der Waals surface area contributed by atoms with Gasteiger partial charge >= 0.3 is 0 Å². The Bertz CT molecular complexity index is 418. The molecule has 1 aliphatic carbocycles. The van der Waals surface area contributed by atoms with E-state index in [1.54, 1.807) is 6.92 Å². The predicted molar refractivity (Wildman–Crippen MR) is 67.4 cm³/mol. The van der Waals surface area contributed by atoms with Crippen LogP contribution in [0, 0.1) is 0 Å². The number of aliphatic hydroxyl groups is 1. The molecule has 0 aromatic rings. The smallest absolute Gasteiger partial charge is 0.219 e. The summed E-state index contributed by atoms with van der Waals surface area (Å²) in [6.07, 6.45) is 9.58. The Morgan fingerprint density at radius 1 is 1.56 bits per heavy atom. The molecule has 0 radical (unpaired) electrons. The fourth-order valence-electron chi connectivity index (χ4n) is 2.10. The van der Waals surface area contributed by atoms with Gasteiger partial charge in [0.05, 0.1) is 4.75 Å². The highest BCUT2D eigenvalue weighted by Gasteiger charge is 2.40. The Morgan fingerprint density at radius 2 is 2.31 bits per heavy atom. The number of rotatable bonds is 1. The molecule has 1 atom stereocenters. The zero-order valence-electron chi connectivity index (χ0n) is 9.62. The largest absolute Gasteiger partial charge is 0.510 e. The maximum atomic E-state index is 11.5. The molecule has 0 aromatic heterocycles. The Labute approximate surface area is 100 Å². The summed E-state index contributed by atoms with van der Waals surface area (Å²) >= 11 is 1.20. The lowest BCUT2D eigenvalue weighted by atomic mass is 9.96. The lowest BCUT2D eigenvalue weighted by molar-refractivity contribution is -0.107. The van der Waals surface area contributed by atoms with Gasteiger partial charge in [-0.3, -0.25) is 4.79 Å². The molecule has 16 heavy (non-hydrogen) atoms. The Hall–Kier alpha value is -0.960. The predicted octanol–water partition coefficient (Wildman–Crippen LogP) is 3.52. The molecule has 2 rings (SSSR count). The van der Waals surface area contributed by atoms with Crippen molar-refractivity contribution in [1.82, 2.24) is 0 Å². The number of thioether (sulfide) groups is 1. The van der Waals surface area contributed by atoms with Gasteiger partial charge in [0.2, 0.25) is 5.12 Å². The third-order valence-corrected chi connectivity index (χ3v) is 4.29. The molecule has 0 saturated carbocycles. The van der Waals surface area contributed by atoms with Crippen LogP contribution in [0.15, 0.2) is 35.1 Å². The average Bonchev–Trinajstić information content (AvgIpc) is 2.44. The van der Waals surface area contributed by atoms with Gasteiger partial charge in [-0.15, -0.1) is 0 Å². The van der Waals surface area contributed by atoms with Crippen molar-refractivity contribution in [3.63, 3.8) is 0 Å². The van der Waals surface area contributed by atoms with Crippen molar-refractivity contribution < 1.29 is 9.90 Å². The fourth-order valence-corrected chi connectivity index (χ4v) is 3.20. The van der Waals surface area contributed by atoms with Crippen molar-refractivity contribution in [2.24, 2.45) is 0 Å². The summed E-state index contributed by atoms with van der Waals surface area (Å²) in [6, 6.07) is 0. The van der Waals surface area contributed by atoms with Crippen LogP contribution in [-0.2, 0) is 4.79 Å². The second kappa shape index (κ2) is 4.13. The van der Waals surface area contributed by atoms with Crippen LogP contribution < -0.4 is 0 Å². The van der Waals surface area contributed by atoms with E-state index in [-0.39, 0.29) is 10.9 Å². The highest BCUT2D eigenvalue weighted by molar-refractivity contribution is 8.16. The van der Waals surface area contributed by atoms with Crippen LogP contribution in [0.25, 0.3) is 0 Å². The van der Waals surface area contributed by atoms with Crippen molar-refractivity contribution in [3.8, 4) is 0 Å². The third kappa shape index (κ3) is 1.96. The van der Waals surface area contributed by atoms with Gasteiger partial charge < -0.3 is 5.11 Å². The van der Waals surface area contributed by atoms with Crippen molar-refractivity contribution in [2.45, 2.75) is 37.9 Å².